The molecule has 0 radical (unpaired) electrons. The van der Waals surface area contributed by atoms with Crippen molar-refractivity contribution >= 4 is 52.7 Å². The summed E-state index contributed by atoms with van der Waals surface area (Å²) in [5.74, 6) is -3.52. The van der Waals surface area contributed by atoms with Crippen molar-refractivity contribution in [1.29, 1.82) is 0 Å². The van der Waals surface area contributed by atoms with Gasteiger partial charge in [0.25, 0.3) is 0 Å². The van der Waals surface area contributed by atoms with Gasteiger partial charge in [0.05, 0.1) is 21.7 Å². The third kappa shape index (κ3) is 5.25. The average molecular weight is 424 g/mol. The van der Waals surface area contributed by atoms with Gasteiger partial charge in [-0.25, -0.2) is 14.4 Å². The van der Waals surface area contributed by atoms with Crippen LogP contribution in [0.25, 0.3) is 0 Å². The number of benzene rings is 1. The summed E-state index contributed by atoms with van der Waals surface area (Å²) in [6.45, 7) is 2.30. The van der Waals surface area contributed by atoms with Gasteiger partial charge in [-0.2, -0.15) is 0 Å². The molecule has 0 bridgehead atoms. The fourth-order valence-corrected chi connectivity index (χ4v) is 3.26. The van der Waals surface area contributed by atoms with Crippen molar-refractivity contribution in [1.82, 2.24) is 0 Å². The molecule has 0 spiro atoms. The maximum Gasteiger partial charge on any atom is 0.422 e. The summed E-state index contributed by atoms with van der Waals surface area (Å²) in [7, 11) is 0. The molecule has 0 saturated heterocycles. The molecular formula is C17H17Cl3O6. The van der Waals surface area contributed by atoms with E-state index in [1.807, 2.05) is 0 Å². The first-order valence-corrected chi connectivity index (χ1v) is 9.15. The molecule has 1 saturated carbocycles. The Hall–Kier alpha value is -1.50. The monoisotopic (exact) mass is 422 g/mol. The van der Waals surface area contributed by atoms with E-state index in [9.17, 15) is 14.4 Å². The third-order valence-corrected chi connectivity index (χ3v) is 5.23. The molecule has 1 aromatic rings. The number of hydrogen-bond acceptors (Lipinski definition) is 5. The molecule has 0 aliphatic heterocycles. The van der Waals surface area contributed by atoms with Crippen molar-refractivity contribution < 1.29 is 29.0 Å². The van der Waals surface area contributed by atoms with Crippen LogP contribution in [0.15, 0.2) is 6.07 Å². The van der Waals surface area contributed by atoms with Crippen LogP contribution in [0.3, 0.4) is 0 Å². The Morgan fingerprint density at radius 1 is 1.23 bits per heavy atom. The molecule has 1 aromatic carbocycles. The molecular weight excluding hydrogens is 407 g/mol. The van der Waals surface area contributed by atoms with Crippen molar-refractivity contribution in [2.75, 3.05) is 6.61 Å². The number of esters is 2. The summed E-state index contributed by atoms with van der Waals surface area (Å²) in [6, 6.07) is 1.14. The van der Waals surface area contributed by atoms with E-state index in [2.05, 4.69) is 11.7 Å². The number of ether oxygens (including phenoxy) is 2. The van der Waals surface area contributed by atoms with Gasteiger partial charge in [-0.3, -0.25) is 0 Å². The summed E-state index contributed by atoms with van der Waals surface area (Å²) < 4.78 is 9.84. The maximum absolute atomic E-state index is 12.4. The van der Waals surface area contributed by atoms with E-state index in [0.717, 1.165) is 18.4 Å². The minimum Gasteiger partial charge on any atom is -0.473 e. The van der Waals surface area contributed by atoms with Crippen LogP contribution in [0.4, 0.5) is 0 Å². The first-order valence-electron chi connectivity index (χ1n) is 8.02. The molecule has 1 atom stereocenters. The van der Waals surface area contributed by atoms with Crippen molar-refractivity contribution in [2.45, 2.75) is 32.6 Å². The molecule has 0 aromatic heterocycles. The number of halogens is 3. The SMILES string of the molecule is CC(CCCOC(=O)c1c(Cl)c(Cl)cc(Cl)c1OC(=O)C(=O)O)C1CC1. The topological polar surface area (TPSA) is 89.9 Å². The van der Waals surface area contributed by atoms with E-state index >= 15 is 0 Å². The molecule has 1 N–H and O–H groups in total. The van der Waals surface area contributed by atoms with Crippen LogP contribution in [0, 0.1) is 11.8 Å². The lowest BCUT2D eigenvalue weighted by Gasteiger charge is -2.14. The summed E-state index contributed by atoms with van der Waals surface area (Å²) in [4.78, 5) is 34.4. The molecule has 1 unspecified atom stereocenters. The van der Waals surface area contributed by atoms with Crippen LogP contribution < -0.4 is 4.74 Å². The number of rotatable bonds is 7. The lowest BCUT2D eigenvalue weighted by Crippen LogP contribution is -2.21. The lowest BCUT2D eigenvalue weighted by molar-refractivity contribution is -0.158. The Morgan fingerprint density at radius 2 is 1.88 bits per heavy atom. The normalized spacial score (nSPS) is 14.6. The zero-order valence-electron chi connectivity index (χ0n) is 13.9. The van der Waals surface area contributed by atoms with E-state index < -0.39 is 23.7 Å². The highest BCUT2D eigenvalue weighted by Crippen LogP contribution is 2.40. The maximum atomic E-state index is 12.4. The molecule has 0 amide bonds. The van der Waals surface area contributed by atoms with Gasteiger partial charge in [-0.05, 0) is 43.6 Å². The number of aliphatic carboxylic acids is 1. The van der Waals surface area contributed by atoms with Crippen molar-refractivity contribution in [3.05, 3.63) is 26.7 Å². The number of carboxylic acids is 1. The van der Waals surface area contributed by atoms with Crippen LogP contribution in [0.2, 0.25) is 15.1 Å². The zero-order valence-corrected chi connectivity index (χ0v) is 16.2. The average Bonchev–Trinajstić information content (AvgIpc) is 3.41. The highest BCUT2D eigenvalue weighted by Gasteiger charge is 2.29. The summed E-state index contributed by atoms with van der Waals surface area (Å²) >= 11 is 17.8. The van der Waals surface area contributed by atoms with Crippen molar-refractivity contribution in [2.24, 2.45) is 11.8 Å². The van der Waals surface area contributed by atoms with Gasteiger partial charge in [-0.1, -0.05) is 41.7 Å². The van der Waals surface area contributed by atoms with Crippen molar-refractivity contribution in [3.8, 4) is 5.75 Å². The second-order valence-corrected chi connectivity index (χ2v) is 7.34. The highest BCUT2D eigenvalue weighted by molar-refractivity contribution is 6.46. The van der Waals surface area contributed by atoms with Gasteiger partial charge in [0.15, 0.2) is 5.75 Å². The number of carboxylic acid groups (broad SMARTS) is 1. The zero-order chi connectivity index (χ0) is 19.4. The van der Waals surface area contributed by atoms with E-state index in [0.29, 0.717) is 12.3 Å². The first kappa shape index (κ1) is 20.8. The van der Waals surface area contributed by atoms with Gasteiger partial charge < -0.3 is 14.6 Å². The van der Waals surface area contributed by atoms with E-state index in [-0.39, 0.29) is 27.2 Å². The van der Waals surface area contributed by atoms with Crippen LogP contribution in [0.1, 0.15) is 43.0 Å². The second-order valence-electron chi connectivity index (χ2n) is 6.15. The Morgan fingerprint density at radius 3 is 2.46 bits per heavy atom. The van der Waals surface area contributed by atoms with Crippen LogP contribution >= 0.6 is 34.8 Å². The van der Waals surface area contributed by atoms with Crippen LogP contribution in [0.5, 0.6) is 5.75 Å². The Balaban J connectivity index is 2.10. The minimum absolute atomic E-state index is 0.0545. The smallest absolute Gasteiger partial charge is 0.422 e. The highest BCUT2D eigenvalue weighted by atomic mass is 35.5. The van der Waals surface area contributed by atoms with Gasteiger partial charge in [0.2, 0.25) is 0 Å². The molecule has 26 heavy (non-hydrogen) atoms. The van der Waals surface area contributed by atoms with E-state index in [1.165, 1.54) is 12.8 Å². The first-order chi connectivity index (χ1) is 12.2. The molecule has 1 aliphatic carbocycles. The lowest BCUT2D eigenvalue weighted by atomic mass is 10.0. The molecule has 9 heteroatoms. The molecule has 6 nitrogen and oxygen atoms in total. The summed E-state index contributed by atoms with van der Waals surface area (Å²) in [5, 5.41) is 8.15. The van der Waals surface area contributed by atoms with Gasteiger partial charge in [-0.15, -0.1) is 0 Å². The number of carbonyl (C=O) groups is 3. The molecule has 142 valence electrons. The van der Waals surface area contributed by atoms with E-state index in [4.69, 9.17) is 44.6 Å². The fourth-order valence-electron chi connectivity index (χ4n) is 2.54. The molecule has 1 aliphatic rings. The standard InChI is InChI=1S/C17H17Cl3O6/c1-8(9-4-5-9)3-2-6-25-16(23)12-13(20)10(18)7-11(19)14(12)26-17(24)15(21)22/h7-9H,2-6H2,1H3,(H,21,22). The predicted molar refractivity (Wildman–Crippen MR) is 96.1 cm³/mol. The van der Waals surface area contributed by atoms with Gasteiger partial charge >= 0.3 is 17.9 Å². The van der Waals surface area contributed by atoms with E-state index in [1.54, 1.807) is 0 Å². The molecule has 0 heterocycles. The van der Waals surface area contributed by atoms with Crippen LogP contribution in [-0.4, -0.2) is 29.6 Å². The largest absolute Gasteiger partial charge is 0.473 e. The molecule has 2 rings (SSSR count). The van der Waals surface area contributed by atoms with Gasteiger partial charge in [0.1, 0.15) is 5.56 Å². The fraction of sp³-hybridized carbons (Fsp3) is 0.471. The predicted octanol–water partition coefficient (Wildman–Crippen LogP) is 4.62. The Labute approximate surface area is 165 Å². The Kier molecular flexibility index (Phi) is 7.15. The van der Waals surface area contributed by atoms with Crippen LogP contribution in [-0.2, 0) is 14.3 Å². The summed E-state index contributed by atoms with van der Waals surface area (Å²) in [5.41, 5.74) is -0.381. The number of carbonyl (C=O) groups excluding carboxylic acids is 2. The summed E-state index contributed by atoms with van der Waals surface area (Å²) in [6.07, 6.45) is 4.08. The van der Waals surface area contributed by atoms with Crippen molar-refractivity contribution in [3.63, 3.8) is 0 Å². The number of hydrogen-bond donors (Lipinski definition) is 1. The third-order valence-electron chi connectivity index (χ3n) is 4.16. The second kappa shape index (κ2) is 8.93. The van der Waals surface area contributed by atoms with Gasteiger partial charge in [0, 0.05) is 0 Å². The minimum atomic E-state index is -1.85. The quantitative estimate of drug-likeness (QED) is 0.226. The Bertz CT molecular complexity index is 730. The molecule has 1 fully saturated rings.